The number of benzene rings is 1. The monoisotopic (exact) mass is 338 g/mol. The van der Waals surface area contributed by atoms with Crippen molar-refractivity contribution in [3.63, 3.8) is 0 Å². The standard InChI is InChI=1S/C20H22N2O3/c1-14-8-9-16-15(13-14)5-2-10-21(16)19(23)17-6-3-11-22(17)20(24)18-7-4-12-25-18/h4,7-9,12-13,17H,2-3,5-6,10-11H2,1H3/t17-/m1/s1. The van der Waals surface area contributed by atoms with E-state index >= 15 is 0 Å². The van der Waals surface area contributed by atoms with Crippen molar-refractivity contribution in [2.75, 3.05) is 18.0 Å². The first kappa shape index (κ1) is 15.9. The van der Waals surface area contributed by atoms with E-state index in [1.807, 2.05) is 17.0 Å². The molecule has 2 aliphatic heterocycles. The van der Waals surface area contributed by atoms with Gasteiger partial charge in [0.1, 0.15) is 6.04 Å². The van der Waals surface area contributed by atoms with Gasteiger partial charge in [-0.2, -0.15) is 0 Å². The number of hydrogen-bond acceptors (Lipinski definition) is 3. The molecule has 0 aliphatic carbocycles. The van der Waals surface area contributed by atoms with Crippen LogP contribution in [0.15, 0.2) is 41.0 Å². The molecule has 0 unspecified atom stereocenters. The summed E-state index contributed by atoms with van der Waals surface area (Å²) in [6, 6.07) is 9.20. The summed E-state index contributed by atoms with van der Waals surface area (Å²) in [5, 5.41) is 0. The topological polar surface area (TPSA) is 53.8 Å². The highest BCUT2D eigenvalue weighted by molar-refractivity contribution is 6.02. The first-order valence-corrected chi connectivity index (χ1v) is 8.90. The van der Waals surface area contributed by atoms with E-state index in [1.54, 1.807) is 17.0 Å². The third-order valence-electron chi connectivity index (χ3n) is 5.15. The molecule has 1 aromatic heterocycles. The quantitative estimate of drug-likeness (QED) is 0.845. The second-order valence-corrected chi connectivity index (χ2v) is 6.86. The van der Waals surface area contributed by atoms with Crippen molar-refractivity contribution in [2.24, 2.45) is 0 Å². The summed E-state index contributed by atoms with van der Waals surface area (Å²) in [6.45, 7) is 3.39. The van der Waals surface area contributed by atoms with Gasteiger partial charge in [-0.25, -0.2) is 0 Å². The maximum absolute atomic E-state index is 13.2. The fourth-order valence-corrected chi connectivity index (χ4v) is 3.94. The molecular formula is C20H22N2O3. The maximum atomic E-state index is 13.2. The number of nitrogens with zero attached hydrogens (tertiary/aromatic N) is 2. The average molecular weight is 338 g/mol. The summed E-state index contributed by atoms with van der Waals surface area (Å²) in [7, 11) is 0. The zero-order valence-corrected chi connectivity index (χ0v) is 14.4. The molecule has 0 spiro atoms. The smallest absolute Gasteiger partial charge is 0.290 e. The molecule has 2 aromatic rings. The molecule has 0 bridgehead atoms. The van der Waals surface area contributed by atoms with Crippen molar-refractivity contribution in [3.05, 3.63) is 53.5 Å². The molecule has 1 atom stereocenters. The van der Waals surface area contributed by atoms with E-state index in [1.165, 1.54) is 17.4 Å². The van der Waals surface area contributed by atoms with Crippen molar-refractivity contribution in [3.8, 4) is 0 Å². The van der Waals surface area contributed by atoms with E-state index in [-0.39, 0.29) is 11.8 Å². The zero-order valence-electron chi connectivity index (χ0n) is 14.4. The highest BCUT2D eigenvalue weighted by Crippen LogP contribution is 2.31. The first-order valence-electron chi connectivity index (χ1n) is 8.90. The lowest BCUT2D eigenvalue weighted by atomic mass is 9.98. The normalized spacial score (nSPS) is 19.8. The van der Waals surface area contributed by atoms with Gasteiger partial charge in [0.15, 0.2) is 5.76 Å². The molecule has 1 saturated heterocycles. The van der Waals surface area contributed by atoms with Crippen LogP contribution in [0.4, 0.5) is 5.69 Å². The second-order valence-electron chi connectivity index (χ2n) is 6.86. The second kappa shape index (κ2) is 6.39. The molecule has 1 aromatic carbocycles. The van der Waals surface area contributed by atoms with E-state index in [4.69, 9.17) is 4.42 Å². The van der Waals surface area contributed by atoms with Crippen molar-refractivity contribution < 1.29 is 14.0 Å². The van der Waals surface area contributed by atoms with Crippen LogP contribution in [0, 0.1) is 6.92 Å². The third-order valence-corrected chi connectivity index (χ3v) is 5.15. The fourth-order valence-electron chi connectivity index (χ4n) is 3.94. The first-order chi connectivity index (χ1) is 12.1. The maximum Gasteiger partial charge on any atom is 0.290 e. The van der Waals surface area contributed by atoms with Gasteiger partial charge in [0.2, 0.25) is 5.91 Å². The van der Waals surface area contributed by atoms with Crippen molar-refractivity contribution in [2.45, 2.75) is 38.6 Å². The zero-order chi connectivity index (χ0) is 17.4. The summed E-state index contributed by atoms with van der Waals surface area (Å²) in [6.07, 6.45) is 5.01. The van der Waals surface area contributed by atoms with E-state index in [0.29, 0.717) is 25.3 Å². The Morgan fingerprint density at radius 2 is 2.04 bits per heavy atom. The highest BCUT2D eigenvalue weighted by Gasteiger charge is 2.39. The number of carbonyl (C=O) groups is 2. The lowest BCUT2D eigenvalue weighted by molar-refractivity contribution is -0.122. The summed E-state index contributed by atoms with van der Waals surface area (Å²) >= 11 is 0. The number of anilines is 1. The molecule has 4 rings (SSSR count). The summed E-state index contributed by atoms with van der Waals surface area (Å²) < 4.78 is 5.23. The van der Waals surface area contributed by atoms with Gasteiger partial charge in [-0.05, 0) is 56.4 Å². The average Bonchev–Trinajstić information content (AvgIpc) is 3.31. The molecule has 0 radical (unpaired) electrons. The van der Waals surface area contributed by atoms with Crippen molar-refractivity contribution in [1.82, 2.24) is 4.90 Å². The number of furan rings is 1. The van der Waals surface area contributed by atoms with Crippen LogP contribution in [0.5, 0.6) is 0 Å². The van der Waals surface area contributed by atoms with E-state index in [9.17, 15) is 9.59 Å². The van der Waals surface area contributed by atoms with Gasteiger partial charge in [-0.1, -0.05) is 17.7 Å². The number of carbonyl (C=O) groups excluding carboxylic acids is 2. The molecular weight excluding hydrogens is 316 g/mol. The molecule has 130 valence electrons. The Kier molecular flexibility index (Phi) is 4.07. The van der Waals surface area contributed by atoms with Gasteiger partial charge in [-0.3, -0.25) is 9.59 Å². The highest BCUT2D eigenvalue weighted by atomic mass is 16.3. The third kappa shape index (κ3) is 2.84. The molecule has 1 fully saturated rings. The Balaban J connectivity index is 1.60. The van der Waals surface area contributed by atoms with Crippen LogP contribution in [-0.4, -0.2) is 35.8 Å². The van der Waals surface area contributed by atoms with Gasteiger partial charge in [0.05, 0.1) is 6.26 Å². The minimum absolute atomic E-state index is 0.0298. The fraction of sp³-hybridized carbons (Fsp3) is 0.400. The minimum Gasteiger partial charge on any atom is -0.459 e. The van der Waals surface area contributed by atoms with E-state index < -0.39 is 6.04 Å². The SMILES string of the molecule is Cc1ccc2c(c1)CCCN2C(=O)[C@H]1CCCN1C(=O)c1ccco1. The van der Waals surface area contributed by atoms with Crippen LogP contribution in [-0.2, 0) is 11.2 Å². The molecule has 0 saturated carbocycles. The van der Waals surface area contributed by atoms with Crippen LogP contribution in [0.1, 0.15) is 40.9 Å². The molecule has 5 nitrogen and oxygen atoms in total. The Labute approximate surface area is 147 Å². The van der Waals surface area contributed by atoms with Crippen LogP contribution in [0.2, 0.25) is 0 Å². The molecule has 5 heteroatoms. The summed E-state index contributed by atoms with van der Waals surface area (Å²) in [4.78, 5) is 29.4. The molecule has 2 aliphatic rings. The predicted octanol–water partition coefficient (Wildman–Crippen LogP) is 3.17. The Hall–Kier alpha value is -2.56. The lowest BCUT2D eigenvalue weighted by Gasteiger charge is -2.34. The number of fused-ring (bicyclic) bond motifs is 1. The Morgan fingerprint density at radius 3 is 2.84 bits per heavy atom. The van der Waals surface area contributed by atoms with Gasteiger partial charge in [0.25, 0.3) is 5.91 Å². The largest absolute Gasteiger partial charge is 0.459 e. The number of rotatable bonds is 2. The molecule has 3 heterocycles. The molecule has 2 amide bonds. The van der Waals surface area contributed by atoms with E-state index in [0.717, 1.165) is 24.9 Å². The molecule has 0 N–H and O–H groups in total. The summed E-state index contributed by atoms with van der Waals surface area (Å²) in [5.41, 5.74) is 3.43. The van der Waals surface area contributed by atoms with Gasteiger partial charge in [0, 0.05) is 18.8 Å². The van der Waals surface area contributed by atoms with Crippen molar-refractivity contribution >= 4 is 17.5 Å². The number of likely N-dealkylation sites (tertiary alicyclic amines) is 1. The number of hydrogen-bond donors (Lipinski definition) is 0. The van der Waals surface area contributed by atoms with Crippen LogP contribution < -0.4 is 4.90 Å². The molecule has 25 heavy (non-hydrogen) atoms. The van der Waals surface area contributed by atoms with Gasteiger partial charge >= 0.3 is 0 Å². The minimum atomic E-state index is -0.398. The van der Waals surface area contributed by atoms with Gasteiger partial charge < -0.3 is 14.2 Å². The van der Waals surface area contributed by atoms with Crippen molar-refractivity contribution in [1.29, 1.82) is 0 Å². The number of aryl methyl sites for hydroxylation is 2. The van der Waals surface area contributed by atoms with Crippen LogP contribution in [0.25, 0.3) is 0 Å². The summed E-state index contributed by atoms with van der Waals surface area (Å²) in [5.74, 6) is 0.138. The number of amides is 2. The lowest BCUT2D eigenvalue weighted by Crippen LogP contribution is -2.49. The Morgan fingerprint density at radius 1 is 1.16 bits per heavy atom. The Bertz CT molecular complexity index is 797. The predicted molar refractivity (Wildman–Crippen MR) is 94.6 cm³/mol. The van der Waals surface area contributed by atoms with Crippen LogP contribution in [0.3, 0.4) is 0 Å². The van der Waals surface area contributed by atoms with E-state index in [2.05, 4.69) is 13.0 Å². The van der Waals surface area contributed by atoms with Gasteiger partial charge in [-0.15, -0.1) is 0 Å². The van der Waals surface area contributed by atoms with Crippen LogP contribution >= 0.6 is 0 Å².